The van der Waals surface area contributed by atoms with Crippen molar-refractivity contribution in [3.63, 3.8) is 0 Å². The van der Waals surface area contributed by atoms with Gasteiger partial charge in [-0.15, -0.1) is 0 Å². The summed E-state index contributed by atoms with van der Waals surface area (Å²) in [6.07, 6.45) is 0.786. The van der Waals surface area contributed by atoms with Crippen LogP contribution in [-0.2, 0) is 17.7 Å². The molecule has 0 aliphatic carbocycles. The van der Waals surface area contributed by atoms with Gasteiger partial charge in [-0.05, 0) is 48.7 Å². The molecule has 0 bridgehead atoms. The number of rotatable bonds is 4. The molecule has 1 heterocycles. The summed E-state index contributed by atoms with van der Waals surface area (Å²) in [6, 6.07) is 12.6. The predicted molar refractivity (Wildman–Crippen MR) is 98.5 cm³/mol. The lowest BCUT2D eigenvalue weighted by atomic mass is 10.00. The van der Waals surface area contributed by atoms with E-state index in [4.69, 9.17) is 9.47 Å². The Morgan fingerprint density at radius 2 is 1.96 bits per heavy atom. The highest BCUT2D eigenvalue weighted by Crippen LogP contribution is 2.25. The molecule has 0 saturated carbocycles. The van der Waals surface area contributed by atoms with Gasteiger partial charge in [-0.2, -0.15) is 0 Å². The number of amides is 2. The van der Waals surface area contributed by atoms with Crippen LogP contribution in [0, 0.1) is 0 Å². The van der Waals surface area contributed by atoms with Gasteiger partial charge in [-0.1, -0.05) is 18.2 Å². The molecule has 6 nitrogen and oxygen atoms in total. The highest BCUT2D eigenvalue weighted by molar-refractivity contribution is 6.00. The van der Waals surface area contributed by atoms with E-state index in [2.05, 4.69) is 11.4 Å². The number of methoxy groups -OCH3 is 1. The van der Waals surface area contributed by atoms with Crippen LogP contribution in [0.15, 0.2) is 42.5 Å². The minimum absolute atomic E-state index is 0.242. The molecule has 0 aromatic heterocycles. The Morgan fingerprint density at radius 3 is 2.73 bits per heavy atom. The number of carbonyl (C=O) groups is 2. The van der Waals surface area contributed by atoms with Crippen LogP contribution in [0.5, 0.6) is 5.75 Å². The van der Waals surface area contributed by atoms with E-state index in [1.54, 1.807) is 29.2 Å². The first kappa shape index (κ1) is 17.8. The summed E-state index contributed by atoms with van der Waals surface area (Å²) in [5.74, 6) is 0.329. The van der Waals surface area contributed by atoms with E-state index in [9.17, 15) is 9.59 Å². The van der Waals surface area contributed by atoms with E-state index in [1.807, 2.05) is 19.1 Å². The lowest BCUT2D eigenvalue weighted by Crippen LogP contribution is -2.39. The van der Waals surface area contributed by atoms with Crippen molar-refractivity contribution in [1.29, 1.82) is 0 Å². The third-order valence-electron chi connectivity index (χ3n) is 4.36. The summed E-state index contributed by atoms with van der Waals surface area (Å²) < 4.78 is 10.3. The van der Waals surface area contributed by atoms with Crippen molar-refractivity contribution >= 4 is 17.7 Å². The normalized spacial score (nSPS) is 12.9. The van der Waals surface area contributed by atoms with E-state index < -0.39 is 5.97 Å². The van der Waals surface area contributed by atoms with Gasteiger partial charge in [0.25, 0.3) is 0 Å². The lowest BCUT2D eigenvalue weighted by molar-refractivity contribution is 0.0602. The van der Waals surface area contributed by atoms with Gasteiger partial charge in [-0.25, -0.2) is 9.59 Å². The maximum absolute atomic E-state index is 12.7. The molecule has 0 fully saturated rings. The number of hydrogen-bond donors (Lipinski definition) is 1. The smallest absolute Gasteiger partial charge is 0.339 e. The number of ether oxygens (including phenoxy) is 2. The molecular formula is C20H22N2O4. The van der Waals surface area contributed by atoms with Gasteiger partial charge in [0.2, 0.25) is 0 Å². The Morgan fingerprint density at radius 1 is 1.15 bits per heavy atom. The van der Waals surface area contributed by atoms with Gasteiger partial charge in [-0.3, -0.25) is 0 Å². The minimum atomic E-state index is -0.480. The number of nitrogens with one attached hydrogen (secondary N) is 1. The highest BCUT2D eigenvalue weighted by Gasteiger charge is 2.22. The number of hydrogen-bond acceptors (Lipinski definition) is 4. The van der Waals surface area contributed by atoms with Crippen molar-refractivity contribution < 1.29 is 19.1 Å². The van der Waals surface area contributed by atoms with Gasteiger partial charge in [0.1, 0.15) is 5.75 Å². The summed E-state index contributed by atoms with van der Waals surface area (Å²) in [4.78, 5) is 26.3. The summed E-state index contributed by atoms with van der Waals surface area (Å²) >= 11 is 0. The van der Waals surface area contributed by atoms with Crippen LogP contribution in [0.2, 0.25) is 0 Å². The van der Waals surface area contributed by atoms with Crippen LogP contribution in [0.1, 0.15) is 28.4 Å². The molecular weight excluding hydrogens is 332 g/mol. The summed E-state index contributed by atoms with van der Waals surface area (Å²) in [7, 11) is 1.32. The van der Waals surface area contributed by atoms with Crippen molar-refractivity contribution in [2.75, 3.05) is 25.6 Å². The van der Waals surface area contributed by atoms with Crippen molar-refractivity contribution in [2.45, 2.75) is 19.9 Å². The predicted octanol–water partition coefficient (Wildman–Crippen LogP) is 3.46. The number of carbonyl (C=O) groups excluding carboxylic acids is 2. The maximum Gasteiger partial charge on any atom is 0.339 e. The van der Waals surface area contributed by atoms with Crippen molar-refractivity contribution in [3.05, 3.63) is 59.2 Å². The van der Waals surface area contributed by atoms with E-state index in [1.165, 1.54) is 12.7 Å². The second-order valence-corrected chi connectivity index (χ2v) is 6.00. The topological polar surface area (TPSA) is 67.9 Å². The molecule has 136 valence electrons. The average Bonchev–Trinajstić information content (AvgIpc) is 2.67. The Labute approximate surface area is 152 Å². The minimum Gasteiger partial charge on any atom is -0.494 e. The molecule has 2 aromatic rings. The van der Waals surface area contributed by atoms with Crippen LogP contribution < -0.4 is 10.1 Å². The zero-order chi connectivity index (χ0) is 18.5. The largest absolute Gasteiger partial charge is 0.494 e. The fraction of sp³-hybridized carbons (Fsp3) is 0.300. The van der Waals surface area contributed by atoms with Crippen LogP contribution in [0.3, 0.4) is 0 Å². The Bertz CT molecular complexity index is 819. The summed E-state index contributed by atoms with van der Waals surface area (Å²) in [6.45, 7) is 3.67. The van der Waals surface area contributed by atoms with Gasteiger partial charge in [0, 0.05) is 13.1 Å². The molecule has 3 rings (SSSR count). The molecule has 2 amide bonds. The average molecular weight is 354 g/mol. The van der Waals surface area contributed by atoms with Crippen LogP contribution >= 0.6 is 0 Å². The Balaban J connectivity index is 1.74. The number of para-hydroxylation sites is 1. The van der Waals surface area contributed by atoms with Gasteiger partial charge < -0.3 is 19.7 Å². The van der Waals surface area contributed by atoms with Crippen LogP contribution in [0.4, 0.5) is 10.5 Å². The Kier molecular flexibility index (Phi) is 5.41. The molecule has 2 aromatic carbocycles. The standard InChI is InChI=1S/C20H22N2O4/c1-3-26-16-9-8-14-10-11-22(13-15(14)12-16)20(24)21-18-7-5-4-6-17(18)19(23)25-2/h4-9,12H,3,10-11,13H2,1-2H3,(H,21,24). The number of anilines is 1. The summed E-state index contributed by atoms with van der Waals surface area (Å²) in [5, 5.41) is 2.82. The first-order valence-corrected chi connectivity index (χ1v) is 8.60. The first-order valence-electron chi connectivity index (χ1n) is 8.60. The monoisotopic (exact) mass is 354 g/mol. The van der Waals surface area contributed by atoms with Crippen molar-refractivity contribution in [3.8, 4) is 5.75 Å². The zero-order valence-electron chi connectivity index (χ0n) is 15.0. The molecule has 1 N–H and O–H groups in total. The molecule has 0 radical (unpaired) electrons. The molecule has 0 atom stereocenters. The highest BCUT2D eigenvalue weighted by atomic mass is 16.5. The third kappa shape index (κ3) is 3.79. The van der Waals surface area contributed by atoms with Crippen molar-refractivity contribution in [1.82, 2.24) is 4.90 Å². The SMILES string of the molecule is CCOc1ccc2c(c1)CN(C(=O)Nc1ccccc1C(=O)OC)CC2. The fourth-order valence-electron chi connectivity index (χ4n) is 3.04. The fourth-order valence-corrected chi connectivity index (χ4v) is 3.04. The quantitative estimate of drug-likeness (QED) is 0.854. The van der Waals surface area contributed by atoms with Gasteiger partial charge in [0.15, 0.2) is 0 Å². The number of fused-ring (bicyclic) bond motifs is 1. The van der Waals surface area contributed by atoms with Crippen molar-refractivity contribution in [2.24, 2.45) is 0 Å². The maximum atomic E-state index is 12.7. The molecule has 0 unspecified atom stereocenters. The van der Waals surface area contributed by atoms with Crippen LogP contribution in [-0.4, -0.2) is 37.2 Å². The molecule has 6 heteroatoms. The van der Waals surface area contributed by atoms with Gasteiger partial charge in [0.05, 0.1) is 25.0 Å². The molecule has 1 aliphatic rings. The molecule has 26 heavy (non-hydrogen) atoms. The van der Waals surface area contributed by atoms with Gasteiger partial charge >= 0.3 is 12.0 Å². The number of nitrogens with zero attached hydrogens (tertiary/aromatic N) is 1. The molecule has 1 aliphatic heterocycles. The number of benzene rings is 2. The third-order valence-corrected chi connectivity index (χ3v) is 4.36. The van der Waals surface area contributed by atoms with Crippen LogP contribution in [0.25, 0.3) is 0 Å². The van der Waals surface area contributed by atoms with E-state index in [0.717, 1.165) is 17.7 Å². The lowest BCUT2D eigenvalue weighted by Gasteiger charge is -2.29. The first-order chi connectivity index (χ1) is 12.6. The molecule has 0 spiro atoms. The second-order valence-electron chi connectivity index (χ2n) is 6.00. The van der Waals surface area contributed by atoms with E-state index >= 15 is 0 Å². The Hall–Kier alpha value is -3.02. The zero-order valence-corrected chi connectivity index (χ0v) is 15.0. The van der Waals surface area contributed by atoms with E-state index in [-0.39, 0.29) is 6.03 Å². The van der Waals surface area contributed by atoms with E-state index in [0.29, 0.717) is 30.9 Å². The second kappa shape index (κ2) is 7.91. The number of urea groups is 1. The summed E-state index contributed by atoms with van der Waals surface area (Å²) in [5.41, 5.74) is 3.09. The molecule has 0 saturated heterocycles. The number of esters is 1.